The van der Waals surface area contributed by atoms with Gasteiger partial charge in [0, 0.05) is 5.69 Å². The molecule has 1 aliphatic heterocycles. The van der Waals surface area contributed by atoms with Crippen molar-refractivity contribution < 1.29 is 13.9 Å². The molecule has 1 amide bonds. The maximum atomic E-state index is 13.0. The predicted molar refractivity (Wildman–Crippen MR) is 77.6 cm³/mol. The van der Waals surface area contributed by atoms with E-state index in [4.69, 9.17) is 10.5 Å². The molecule has 1 fully saturated rings. The number of nitrogens with two attached hydrogens (primary N) is 1. The number of carbonyl (C=O) groups excluding carboxylic acids is 1. The molecular weight excluding hydrogens is 271 g/mol. The summed E-state index contributed by atoms with van der Waals surface area (Å²) in [6, 6.07) is 12.4. The van der Waals surface area contributed by atoms with Crippen LogP contribution in [0, 0.1) is 5.82 Å². The Morgan fingerprint density at radius 1 is 1.10 bits per heavy atom. The van der Waals surface area contributed by atoms with Gasteiger partial charge in [-0.3, -0.25) is 4.79 Å². The van der Waals surface area contributed by atoms with Crippen LogP contribution in [0.4, 0.5) is 10.1 Å². The fourth-order valence-corrected chi connectivity index (χ4v) is 2.56. The first-order valence-electron chi connectivity index (χ1n) is 6.60. The van der Waals surface area contributed by atoms with Crippen molar-refractivity contribution in [2.45, 2.75) is 12.1 Å². The number of anilines is 1. The third-order valence-corrected chi connectivity index (χ3v) is 3.70. The number of carbonyl (C=O) groups is 1. The van der Waals surface area contributed by atoms with Gasteiger partial charge in [0.1, 0.15) is 17.6 Å². The lowest BCUT2D eigenvalue weighted by atomic mass is 9.88. The van der Waals surface area contributed by atoms with Crippen LogP contribution < -0.4 is 15.4 Å². The molecule has 1 saturated heterocycles. The van der Waals surface area contributed by atoms with Crippen molar-refractivity contribution >= 4 is 11.6 Å². The lowest BCUT2D eigenvalue weighted by molar-refractivity contribution is -0.126. The zero-order chi connectivity index (χ0) is 15.0. The largest absolute Gasteiger partial charge is 0.497 e. The van der Waals surface area contributed by atoms with E-state index < -0.39 is 6.04 Å². The molecule has 0 saturated carbocycles. The molecule has 1 aliphatic rings. The molecule has 2 aromatic carbocycles. The van der Waals surface area contributed by atoms with E-state index in [0.717, 1.165) is 11.3 Å². The first-order chi connectivity index (χ1) is 10.1. The summed E-state index contributed by atoms with van der Waals surface area (Å²) in [5.74, 6) is 0.241. The molecule has 108 valence electrons. The van der Waals surface area contributed by atoms with E-state index in [0.29, 0.717) is 5.69 Å². The molecule has 2 aromatic rings. The summed E-state index contributed by atoms with van der Waals surface area (Å²) in [6.45, 7) is 0. The van der Waals surface area contributed by atoms with Gasteiger partial charge >= 0.3 is 0 Å². The topological polar surface area (TPSA) is 55.6 Å². The molecule has 4 nitrogen and oxygen atoms in total. The van der Waals surface area contributed by atoms with Crippen LogP contribution in [0.3, 0.4) is 0 Å². The van der Waals surface area contributed by atoms with E-state index in [1.54, 1.807) is 24.1 Å². The summed E-state index contributed by atoms with van der Waals surface area (Å²) in [5.41, 5.74) is 7.50. The monoisotopic (exact) mass is 286 g/mol. The lowest BCUT2D eigenvalue weighted by Crippen LogP contribution is -2.63. The van der Waals surface area contributed by atoms with E-state index in [2.05, 4.69) is 0 Å². The number of hydrogen-bond donors (Lipinski definition) is 1. The average molecular weight is 286 g/mol. The zero-order valence-corrected chi connectivity index (χ0v) is 11.5. The Bertz CT molecular complexity index is 655. The minimum atomic E-state index is -0.580. The second-order valence-corrected chi connectivity index (χ2v) is 4.93. The Labute approximate surface area is 121 Å². The van der Waals surface area contributed by atoms with Gasteiger partial charge in [0.15, 0.2) is 0 Å². The van der Waals surface area contributed by atoms with E-state index in [1.807, 2.05) is 24.3 Å². The van der Waals surface area contributed by atoms with Crippen molar-refractivity contribution in [1.29, 1.82) is 0 Å². The Kier molecular flexibility index (Phi) is 3.35. The van der Waals surface area contributed by atoms with Crippen molar-refractivity contribution in [3.8, 4) is 5.75 Å². The molecule has 3 rings (SSSR count). The smallest absolute Gasteiger partial charge is 0.247 e. The molecule has 0 bridgehead atoms. The van der Waals surface area contributed by atoms with Gasteiger partial charge in [-0.15, -0.1) is 0 Å². The van der Waals surface area contributed by atoms with Crippen molar-refractivity contribution in [3.05, 3.63) is 59.9 Å². The SMILES string of the molecule is COc1ccc([C@H]2[C@H](N)C(=O)N2c2ccc(F)cc2)cc1. The number of nitrogens with zero attached hydrogens (tertiary/aromatic N) is 1. The number of rotatable bonds is 3. The van der Waals surface area contributed by atoms with Crippen LogP contribution >= 0.6 is 0 Å². The third kappa shape index (κ3) is 2.25. The highest BCUT2D eigenvalue weighted by Gasteiger charge is 2.46. The number of amides is 1. The van der Waals surface area contributed by atoms with Crippen LogP contribution in [0.5, 0.6) is 5.75 Å². The molecule has 0 unspecified atom stereocenters. The van der Waals surface area contributed by atoms with Crippen molar-refractivity contribution in [1.82, 2.24) is 0 Å². The summed E-state index contributed by atoms with van der Waals surface area (Å²) in [4.78, 5) is 13.6. The molecule has 0 radical (unpaired) electrons. The van der Waals surface area contributed by atoms with Gasteiger partial charge in [0.05, 0.1) is 13.2 Å². The predicted octanol–water partition coefficient (Wildman–Crippen LogP) is 2.25. The minimum Gasteiger partial charge on any atom is -0.497 e. The number of hydrogen-bond acceptors (Lipinski definition) is 3. The minimum absolute atomic E-state index is 0.164. The summed E-state index contributed by atoms with van der Waals surface area (Å²) in [5, 5.41) is 0. The van der Waals surface area contributed by atoms with Crippen molar-refractivity contribution in [2.24, 2.45) is 5.73 Å². The van der Waals surface area contributed by atoms with E-state index in [9.17, 15) is 9.18 Å². The maximum Gasteiger partial charge on any atom is 0.247 e. The molecular formula is C16H15FN2O2. The molecule has 1 heterocycles. The highest BCUT2D eigenvalue weighted by atomic mass is 19.1. The number of benzene rings is 2. The molecule has 0 aliphatic carbocycles. The average Bonchev–Trinajstić information content (AvgIpc) is 2.53. The van der Waals surface area contributed by atoms with E-state index in [-0.39, 0.29) is 17.8 Å². The van der Waals surface area contributed by atoms with E-state index >= 15 is 0 Å². The molecule has 2 N–H and O–H groups in total. The maximum absolute atomic E-state index is 13.0. The van der Waals surface area contributed by atoms with E-state index in [1.165, 1.54) is 12.1 Å². The van der Waals surface area contributed by atoms with Crippen molar-refractivity contribution in [2.75, 3.05) is 12.0 Å². The number of methoxy groups -OCH3 is 1. The molecule has 21 heavy (non-hydrogen) atoms. The normalized spacial score (nSPS) is 21.1. The Morgan fingerprint density at radius 3 is 2.29 bits per heavy atom. The zero-order valence-electron chi connectivity index (χ0n) is 11.5. The number of β-lactam (4-membered cyclic amide) rings is 1. The van der Waals surface area contributed by atoms with Crippen LogP contribution in [-0.2, 0) is 4.79 Å². The van der Waals surface area contributed by atoms with Gasteiger partial charge < -0.3 is 15.4 Å². The van der Waals surface area contributed by atoms with Crippen LogP contribution in [-0.4, -0.2) is 19.1 Å². The highest BCUT2D eigenvalue weighted by Crippen LogP contribution is 2.38. The second-order valence-electron chi connectivity index (χ2n) is 4.93. The Balaban J connectivity index is 1.92. The third-order valence-electron chi connectivity index (χ3n) is 3.70. The van der Waals surface area contributed by atoms with Crippen LogP contribution in [0.15, 0.2) is 48.5 Å². The number of halogens is 1. The van der Waals surface area contributed by atoms with Crippen LogP contribution in [0.1, 0.15) is 11.6 Å². The standard InChI is InChI=1S/C16H15FN2O2/c1-21-13-8-2-10(3-9-13)15-14(18)16(20)19(15)12-6-4-11(17)5-7-12/h2-9,14-15H,18H2,1H3/t14-,15-/m0/s1. The van der Waals surface area contributed by atoms with Gasteiger partial charge in [0.25, 0.3) is 0 Å². The van der Waals surface area contributed by atoms with Gasteiger partial charge in [-0.05, 0) is 42.0 Å². The van der Waals surface area contributed by atoms with Gasteiger partial charge in [-0.1, -0.05) is 12.1 Å². The fourth-order valence-electron chi connectivity index (χ4n) is 2.56. The number of ether oxygens (including phenoxy) is 1. The summed E-state index contributed by atoms with van der Waals surface area (Å²) in [6.07, 6.45) is 0. The van der Waals surface area contributed by atoms with Gasteiger partial charge in [0.2, 0.25) is 5.91 Å². The summed E-state index contributed by atoms with van der Waals surface area (Å²) < 4.78 is 18.1. The van der Waals surface area contributed by atoms with Gasteiger partial charge in [-0.2, -0.15) is 0 Å². The first kappa shape index (κ1) is 13.6. The highest BCUT2D eigenvalue weighted by molar-refractivity contribution is 6.05. The lowest BCUT2D eigenvalue weighted by Gasteiger charge is -2.45. The summed E-state index contributed by atoms with van der Waals surface area (Å²) >= 11 is 0. The Hall–Kier alpha value is -2.40. The fraction of sp³-hybridized carbons (Fsp3) is 0.188. The van der Waals surface area contributed by atoms with Crippen LogP contribution in [0.25, 0.3) is 0 Å². The molecule has 2 atom stereocenters. The quantitative estimate of drug-likeness (QED) is 0.880. The van der Waals surface area contributed by atoms with Gasteiger partial charge in [-0.25, -0.2) is 4.39 Å². The molecule has 5 heteroatoms. The Morgan fingerprint density at radius 2 is 1.71 bits per heavy atom. The van der Waals surface area contributed by atoms with Crippen molar-refractivity contribution in [3.63, 3.8) is 0 Å². The van der Waals surface area contributed by atoms with Crippen LogP contribution in [0.2, 0.25) is 0 Å². The first-order valence-corrected chi connectivity index (χ1v) is 6.60. The molecule has 0 spiro atoms. The summed E-state index contributed by atoms with van der Waals surface area (Å²) in [7, 11) is 1.60. The molecule has 0 aromatic heterocycles. The second kappa shape index (κ2) is 5.18.